The molecule has 0 aliphatic rings. The maximum absolute atomic E-state index is 11.8. The number of hydrogen-bond acceptors (Lipinski definition) is 3. The van der Waals surface area contributed by atoms with E-state index < -0.39 is 0 Å². The van der Waals surface area contributed by atoms with Crippen LogP contribution in [0.15, 0.2) is 53.1 Å². The van der Waals surface area contributed by atoms with Gasteiger partial charge in [0.1, 0.15) is 5.76 Å². The molecule has 0 radical (unpaired) electrons. The lowest BCUT2D eigenvalue weighted by Crippen LogP contribution is -2.39. The van der Waals surface area contributed by atoms with Crippen molar-refractivity contribution in [2.75, 3.05) is 6.54 Å². The van der Waals surface area contributed by atoms with E-state index in [1.165, 1.54) is 0 Å². The summed E-state index contributed by atoms with van der Waals surface area (Å²) >= 11 is 0. The van der Waals surface area contributed by atoms with Crippen LogP contribution in [0.5, 0.6) is 0 Å². The van der Waals surface area contributed by atoms with E-state index >= 15 is 0 Å². The normalized spacial score (nSPS) is 12.3. The summed E-state index contributed by atoms with van der Waals surface area (Å²) in [5.74, 6) is 0.779. The minimum Gasteiger partial charge on any atom is -0.467 e. The summed E-state index contributed by atoms with van der Waals surface area (Å²) in [5, 5.41) is 6.10. The van der Waals surface area contributed by atoms with Crippen molar-refractivity contribution in [1.29, 1.82) is 0 Å². The SMILES string of the molecule is CC(C)NC(=O)CNC(c1ccccc1)c1ccco1. The zero-order valence-electron chi connectivity index (χ0n) is 11.8. The van der Waals surface area contributed by atoms with Crippen LogP contribution in [-0.2, 0) is 4.79 Å². The predicted octanol–water partition coefficient (Wildman–Crippen LogP) is 2.48. The molecule has 2 aromatic rings. The average molecular weight is 272 g/mol. The largest absolute Gasteiger partial charge is 0.467 e. The van der Waals surface area contributed by atoms with Gasteiger partial charge in [-0.3, -0.25) is 10.1 Å². The van der Waals surface area contributed by atoms with E-state index in [1.807, 2.05) is 56.3 Å². The predicted molar refractivity (Wildman–Crippen MR) is 78.3 cm³/mol. The molecule has 1 amide bonds. The summed E-state index contributed by atoms with van der Waals surface area (Å²) in [6.45, 7) is 4.14. The number of nitrogens with one attached hydrogen (secondary N) is 2. The molecule has 0 aliphatic heterocycles. The van der Waals surface area contributed by atoms with Gasteiger partial charge in [-0.1, -0.05) is 30.3 Å². The molecule has 1 heterocycles. The zero-order valence-corrected chi connectivity index (χ0v) is 11.8. The molecule has 4 nitrogen and oxygen atoms in total. The molecule has 1 atom stereocenters. The molecular weight excluding hydrogens is 252 g/mol. The van der Waals surface area contributed by atoms with Gasteiger partial charge in [-0.15, -0.1) is 0 Å². The Morgan fingerprint density at radius 1 is 1.15 bits per heavy atom. The van der Waals surface area contributed by atoms with Crippen LogP contribution in [0.3, 0.4) is 0 Å². The van der Waals surface area contributed by atoms with E-state index in [-0.39, 0.29) is 24.5 Å². The van der Waals surface area contributed by atoms with Crippen molar-refractivity contribution in [3.63, 3.8) is 0 Å². The Morgan fingerprint density at radius 3 is 2.50 bits per heavy atom. The van der Waals surface area contributed by atoms with Gasteiger partial charge < -0.3 is 9.73 Å². The molecule has 0 aliphatic carbocycles. The van der Waals surface area contributed by atoms with Gasteiger partial charge in [0.05, 0.1) is 18.8 Å². The lowest BCUT2D eigenvalue weighted by molar-refractivity contribution is -0.120. The van der Waals surface area contributed by atoms with Gasteiger partial charge in [-0.05, 0) is 31.5 Å². The highest BCUT2D eigenvalue weighted by molar-refractivity contribution is 5.78. The van der Waals surface area contributed by atoms with Crippen molar-refractivity contribution in [3.8, 4) is 0 Å². The summed E-state index contributed by atoms with van der Waals surface area (Å²) in [6, 6.07) is 13.7. The lowest BCUT2D eigenvalue weighted by Gasteiger charge is -2.17. The Balaban J connectivity index is 2.07. The van der Waals surface area contributed by atoms with Crippen LogP contribution in [0, 0.1) is 0 Å². The summed E-state index contributed by atoms with van der Waals surface area (Å²) < 4.78 is 5.47. The van der Waals surface area contributed by atoms with Gasteiger partial charge in [0.15, 0.2) is 0 Å². The molecule has 106 valence electrons. The van der Waals surface area contributed by atoms with Crippen LogP contribution in [0.2, 0.25) is 0 Å². The molecule has 0 saturated heterocycles. The third-order valence-electron chi connectivity index (χ3n) is 2.88. The third kappa shape index (κ3) is 3.96. The molecule has 20 heavy (non-hydrogen) atoms. The van der Waals surface area contributed by atoms with Crippen LogP contribution in [-0.4, -0.2) is 18.5 Å². The van der Waals surface area contributed by atoms with Crippen LogP contribution < -0.4 is 10.6 Å². The molecule has 0 bridgehead atoms. The first kappa shape index (κ1) is 14.3. The summed E-state index contributed by atoms with van der Waals surface area (Å²) in [5.41, 5.74) is 1.07. The maximum atomic E-state index is 11.8. The number of furan rings is 1. The fraction of sp³-hybridized carbons (Fsp3) is 0.312. The number of hydrogen-bond donors (Lipinski definition) is 2. The topological polar surface area (TPSA) is 54.3 Å². The first-order valence-electron chi connectivity index (χ1n) is 6.78. The van der Waals surface area contributed by atoms with Crippen molar-refractivity contribution in [3.05, 3.63) is 60.1 Å². The van der Waals surface area contributed by atoms with Gasteiger partial charge in [-0.25, -0.2) is 0 Å². The second-order valence-corrected chi connectivity index (χ2v) is 4.96. The van der Waals surface area contributed by atoms with E-state index in [1.54, 1.807) is 6.26 Å². The molecule has 2 rings (SSSR count). The summed E-state index contributed by atoms with van der Waals surface area (Å²) in [4.78, 5) is 11.8. The maximum Gasteiger partial charge on any atom is 0.234 e. The molecule has 0 spiro atoms. The Kier molecular flexibility index (Phi) is 4.96. The summed E-state index contributed by atoms with van der Waals surface area (Å²) in [6.07, 6.45) is 1.64. The number of rotatable bonds is 6. The Hall–Kier alpha value is -2.07. The monoisotopic (exact) mass is 272 g/mol. The van der Waals surface area contributed by atoms with E-state index in [2.05, 4.69) is 10.6 Å². The van der Waals surface area contributed by atoms with Gasteiger partial charge in [0.25, 0.3) is 0 Å². The highest BCUT2D eigenvalue weighted by Gasteiger charge is 2.17. The van der Waals surface area contributed by atoms with Gasteiger partial charge in [-0.2, -0.15) is 0 Å². The molecule has 0 saturated carbocycles. The summed E-state index contributed by atoms with van der Waals surface area (Å²) in [7, 11) is 0. The van der Waals surface area contributed by atoms with E-state index in [9.17, 15) is 4.79 Å². The molecule has 4 heteroatoms. The Labute approximate surface area is 119 Å². The second kappa shape index (κ2) is 6.91. The second-order valence-electron chi connectivity index (χ2n) is 4.96. The van der Waals surface area contributed by atoms with Gasteiger partial charge >= 0.3 is 0 Å². The highest BCUT2D eigenvalue weighted by atomic mass is 16.3. The molecule has 0 fully saturated rings. The molecular formula is C16H20N2O2. The van der Waals surface area contributed by atoms with Crippen molar-refractivity contribution in [1.82, 2.24) is 10.6 Å². The first-order valence-corrected chi connectivity index (χ1v) is 6.78. The van der Waals surface area contributed by atoms with Crippen LogP contribution in [0.1, 0.15) is 31.2 Å². The standard InChI is InChI=1S/C16H20N2O2/c1-12(2)18-15(19)11-17-16(14-9-6-10-20-14)13-7-4-3-5-8-13/h3-10,12,16-17H,11H2,1-2H3,(H,18,19). The number of amides is 1. The Bertz CT molecular complexity index is 521. The number of carbonyl (C=O) groups is 1. The molecule has 2 N–H and O–H groups in total. The molecule has 1 unspecified atom stereocenters. The minimum atomic E-state index is -0.121. The van der Waals surface area contributed by atoms with E-state index in [0.717, 1.165) is 11.3 Å². The van der Waals surface area contributed by atoms with Crippen LogP contribution >= 0.6 is 0 Å². The Morgan fingerprint density at radius 2 is 1.90 bits per heavy atom. The lowest BCUT2D eigenvalue weighted by atomic mass is 10.0. The molecule has 1 aromatic heterocycles. The van der Waals surface area contributed by atoms with Gasteiger partial charge in [0, 0.05) is 6.04 Å². The van der Waals surface area contributed by atoms with Crippen molar-refractivity contribution < 1.29 is 9.21 Å². The molecule has 1 aromatic carbocycles. The average Bonchev–Trinajstić information content (AvgIpc) is 2.93. The van der Waals surface area contributed by atoms with Crippen LogP contribution in [0.25, 0.3) is 0 Å². The fourth-order valence-corrected chi connectivity index (χ4v) is 2.05. The highest BCUT2D eigenvalue weighted by Crippen LogP contribution is 2.21. The van der Waals surface area contributed by atoms with Crippen molar-refractivity contribution in [2.45, 2.75) is 25.9 Å². The van der Waals surface area contributed by atoms with Gasteiger partial charge in [0.2, 0.25) is 5.91 Å². The zero-order chi connectivity index (χ0) is 14.4. The quantitative estimate of drug-likeness (QED) is 0.849. The van der Waals surface area contributed by atoms with Crippen molar-refractivity contribution >= 4 is 5.91 Å². The van der Waals surface area contributed by atoms with E-state index in [0.29, 0.717) is 0 Å². The first-order chi connectivity index (χ1) is 9.66. The van der Waals surface area contributed by atoms with Crippen molar-refractivity contribution in [2.24, 2.45) is 0 Å². The smallest absolute Gasteiger partial charge is 0.234 e. The number of carbonyl (C=O) groups excluding carboxylic acids is 1. The van der Waals surface area contributed by atoms with E-state index in [4.69, 9.17) is 4.42 Å². The number of benzene rings is 1. The minimum absolute atomic E-state index is 0.0208. The van der Waals surface area contributed by atoms with Crippen LogP contribution in [0.4, 0.5) is 0 Å². The fourth-order valence-electron chi connectivity index (χ4n) is 2.05. The third-order valence-corrected chi connectivity index (χ3v) is 2.88.